The lowest BCUT2D eigenvalue weighted by atomic mass is 10.1. The number of benzene rings is 2. The molecule has 0 saturated carbocycles. The van der Waals surface area contributed by atoms with E-state index >= 15 is 0 Å². The van der Waals surface area contributed by atoms with E-state index in [0.29, 0.717) is 12.3 Å². The standard InChI is InChI=1S/C23H30N4O3/c1-4-30-21-8-6-5-7-20(21)27-13-11-26(12-14-27)16-22(28)25-23(29)24-19-10-9-17(2)18(3)15-19/h5-10,15H,4,11-14,16H2,1-3H3,(H2,24,25,28,29). The third-order valence-corrected chi connectivity index (χ3v) is 5.26. The Balaban J connectivity index is 1.46. The number of nitrogens with one attached hydrogen (secondary N) is 2. The van der Waals surface area contributed by atoms with Gasteiger partial charge in [-0.3, -0.25) is 15.0 Å². The fourth-order valence-corrected chi connectivity index (χ4v) is 3.49. The van der Waals surface area contributed by atoms with Crippen molar-refractivity contribution in [3.8, 4) is 5.75 Å². The highest BCUT2D eigenvalue weighted by molar-refractivity contribution is 6.01. The molecule has 1 heterocycles. The Bertz CT molecular complexity index is 892. The minimum absolute atomic E-state index is 0.196. The number of anilines is 2. The fourth-order valence-electron chi connectivity index (χ4n) is 3.49. The van der Waals surface area contributed by atoms with Gasteiger partial charge in [0.2, 0.25) is 5.91 Å². The van der Waals surface area contributed by atoms with Crippen LogP contribution in [0.2, 0.25) is 0 Å². The smallest absolute Gasteiger partial charge is 0.325 e. The summed E-state index contributed by atoms with van der Waals surface area (Å²) in [6.45, 7) is 9.87. The lowest BCUT2D eigenvalue weighted by Gasteiger charge is -2.36. The largest absolute Gasteiger partial charge is 0.492 e. The van der Waals surface area contributed by atoms with Crippen LogP contribution in [0.4, 0.5) is 16.2 Å². The van der Waals surface area contributed by atoms with E-state index in [-0.39, 0.29) is 12.5 Å². The van der Waals surface area contributed by atoms with Gasteiger partial charge in [0.05, 0.1) is 18.8 Å². The van der Waals surface area contributed by atoms with Crippen LogP contribution < -0.4 is 20.3 Å². The summed E-state index contributed by atoms with van der Waals surface area (Å²) in [4.78, 5) is 28.7. The van der Waals surface area contributed by atoms with Crippen molar-refractivity contribution < 1.29 is 14.3 Å². The summed E-state index contributed by atoms with van der Waals surface area (Å²) in [5.74, 6) is 0.578. The molecular formula is C23H30N4O3. The number of imide groups is 1. The second-order valence-electron chi connectivity index (χ2n) is 7.47. The van der Waals surface area contributed by atoms with E-state index in [1.807, 2.05) is 57.2 Å². The van der Waals surface area contributed by atoms with Crippen molar-refractivity contribution in [3.05, 3.63) is 53.6 Å². The lowest BCUT2D eigenvalue weighted by Crippen LogP contribution is -2.50. The summed E-state index contributed by atoms with van der Waals surface area (Å²) in [6, 6.07) is 13.2. The van der Waals surface area contributed by atoms with Crippen molar-refractivity contribution in [1.82, 2.24) is 10.2 Å². The number of nitrogens with zero attached hydrogens (tertiary/aromatic N) is 2. The van der Waals surface area contributed by atoms with Gasteiger partial charge in [-0.2, -0.15) is 0 Å². The van der Waals surface area contributed by atoms with Gasteiger partial charge in [0.15, 0.2) is 0 Å². The van der Waals surface area contributed by atoms with E-state index in [2.05, 4.69) is 26.5 Å². The molecule has 0 radical (unpaired) electrons. The van der Waals surface area contributed by atoms with Crippen molar-refractivity contribution in [2.45, 2.75) is 20.8 Å². The van der Waals surface area contributed by atoms with E-state index in [0.717, 1.165) is 48.7 Å². The van der Waals surface area contributed by atoms with Crippen LogP contribution in [0.15, 0.2) is 42.5 Å². The van der Waals surface area contributed by atoms with Crippen LogP contribution in [0.5, 0.6) is 5.75 Å². The van der Waals surface area contributed by atoms with Crippen molar-refractivity contribution >= 4 is 23.3 Å². The third kappa shape index (κ3) is 5.73. The number of aryl methyl sites for hydroxylation is 2. The summed E-state index contributed by atoms with van der Waals surface area (Å²) in [7, 11) is 0. The quantitative estimate of drug-likeness (QED) is 0.765. The molecule has 1 aliphatic heterocycles. The van der Waals surface area contributed by atoms with Crippen LogP contribution in [0.25, 0.3) is 0 Å². The van der Waals surface area contributed by atoms with Crippen LogP contribution in [-0.4, -0.2) is 56.2 Å². The number of carbonyl (C=O) groups excluding carboxylic acids is 2. The maximum atomic E-state index is 12.3. The lowest BCUT2D eigenvalue weighted by molar-refractivity contribution is -0.121. The van der Waals surface area contributed by atoms with E-state index < -0.39 is 6.03 Å². The molecule has 0 atom stereocenters. The van der Waals surface area contributed by atoms with Gasteiger partial charge in [0.1, 0.15) is 5.75 Å². The Morgan fingerprint density at radius 1 is 1.00 bits per heavy atom. The van der Waals surface area contributed by atoms with Gasteiger partial charge >= 0.3 is 6.03 Å². The molecule has 7 heteroatoms. The highest BCUT2D eigenvalue weighted by atomic mass is 16.5. The molecule has 0 spiro atoms. The summed E-state index contributed by atoms with van der Waals surface area (Å²) >= 11 is 0. The Morgan fingerprint density at radius 3 is 2.43 bits per heavy atom. The number of carbonyl (C=O) groups is 2. The summed E-state index contributed by atoms with van der Waals surface area (Å²) < 4.78 is 5.72. The van der Waals surface area contributed by atoms with Gasteiger partial charge in [-0.05, 0) is 56.2 Å². The predicted molar refractivity (Wildman–Crippen MR) is 119 cm³/mol. The number of hydrogen-bond acceptors (Lipinski definition) is 5. The molecule has 2 aromatic carbocycles. The van der Waals surface area contributed by atoms with Crippen LogP contribution in [0.3, 0.4) is 0 Å². The average molecular weight is 411 g/mol. The summed E-state index contributed by atoms with van der Waals surface area (Å²) in [5, 5.41) is 5.13. The first-order chi connectivity index (χ1) is 14.5. The van der Waals surface area contributed by atoms with Gasteiger partial charge < -0.3 is 15.0 Å². The molecule has 1 aliphatic rings. The molecule has 3 rings (SSSR count). The zero-order chi connectivity index (χ0) is 21.5. The SMILES string of the molecule is CCOc1ccccc1N1CCN(CC(=O)NC(=O)Nc2ccc(C)c(C)c2)CC1. The van der Waals surface area contributed by atoms with Crippen molar-refractivity contribution in [2.24, 2.45) is 0 Å². The molecule has 3 amide bonds. The highest BCUT2D eigenvalue weighted by Gasteiger charge is 2.21. The predicted octanol–water partition coefficient (Wildman–Crippen LogP) is 3.17. The van der Waals surface area contributed by atoms with Crippen LogP contribution in [0, 0.1) is 13.8 Å². The van der Waals surface area contributed by atoms with Crippen molar-refractivity contribution in [3.63, 3.8) is 0 Å². The summed E-state index contributed by atoms with van der Waals surface area (Å²) in [6.07, 6.45) is 0. The number of para-hydroxylation sites is 2. The number of urea groups is 1. The summed E-state index contributed by atoms with van der Waals surface area (Å²) in [5.41, 5.74) is 3.99. The molecule has 2 N–H and O–H groups in total. The Labute approximate surface area is 178 Å². The van der Waals surface area contributed by atoms with E-state index in [1.54, 1.807) is 0 Å². The molecule has 160 valence electrons. The number of hydrogen-bond donors (Lipinski definition) is 2. The third-order valence-electron chi connectivity index (χ3n) is 5.26. The van der Waals surface area contributed by atoms with Gasteiger partial charge in [-0.25, -0.2) is 4.79 Å². The van der Waals surface area contributed by atoms with Crippen molar-refractivity contribution in [1.29, 1.82) is 0 Å². The van der Waals surface area contributed by atoms with Gasteiger partial charge in [-0.1, -0.05) is 18.2 Å². The first-order valence-corrected chi connectivity index (χ1v) is 10.3. The Hall–Kier alpha value is -3.06. The first kappa shape index (κ1) is 21.6. The average Bonchev–Trinajstić information content (AvgIpc) is 2.72. The zero-order valence-electron chi connectivity index (χ0n) is 17.9. The van der Waals surface area contributed by atoms with Crippen molar-refractivity contribution in [2.75, 3.05) is 49.5 Å². The number of piperazine rings is 1. The van der Waals surface area contributed by atoms with Gasteiger partial charge in [0, 0.05) is 31.9 Å². The van der Waals surface area contributed by atoms with E-state index in [1.165, 1.54) is 0 Å². The number of ether oxygens (including phenoxy) is 1. The molecule has 0 aromatic heterocycles. The molecule has 7 nitrogen and oxygen atoms in total. The highest BCUT2D eigenvalue weighted by Crippen LogP contribution is 2.28. The normalized spacial score (nSPS) is 14.3. The van der Waals surface area contributed by atoms with Gasteiger partial charge in [-0.15, -0.1) is 0 Å². The molecule has 1 saturated heterocycles. The zero-order valence-corrected chi connectivity index (χ0v) is 17.9. The molecule has 0 unspecified atom stereocenters. The van der Waals surface area contributed by atoms with E-state index in [9.17, 15) is 9.59 Å². The Kier molecular flexibility index (Phi) is 7.30. The van der Waals surface area contributed by atoms with Crippen LogP contribution in [-0.2, 0) is 4.79 Å². The monoisotopic (exact) mass is 410 g/mol. The first-order valence-electron chi connectivity index (χ1n) is 10.3. The van der Waals surface area contributed by atoms with Crippen LogP contribution in [0.1, 0.15) is 18.1 Å². The molecule has 30 heavy (non-hydrogen) atoms. The van der Waals surface area contributed by atoms with Gasteiger partial charge in [0.25, 0.3) is 0 Å². The molecule has 0 aliphatic carbocycles. The van der Waals surface area contributed by atoms with Crippen LogP contribution >= 0.6 is 0 Å². The maximum absolute atomic E-state index is 12.3. The minimum atomic E-state index is -0.507. The number of amides is 3. The topological polar surface area (TPSA) is 73.9 Å². The molecule has 0 bridgehead atoms. The second-order valence-corrected chi connectivity index (χ2v) is 7.47. The molecule has 2 aromatic rings. The minimum Gasteiger partial charge on any atom is -0.492 e. The molecule has 1 fully saturated rings. The van der Waals surface area contributed by atoms with E-state index in [4.69, 9.17) is 4.74 Å². The maximum Gasteiger partial charge on any atom is 0.325 e. The Morgan fingerprint density at radius 2 is 1.73 bits per heavy atom. The fraction of sp³-hybridized carbons (Fsp3) is 0.391. The molecular weight excluding hydrogens is 380 g/mol. The number of rotatable bonds is 6. The second kappa shape index (κ2) is 10.1.